The van der Waals surface area contributed by atoms with Crippen LogP contribution < -0.4 is 27.0 Å². The first-order chi connectivity index (χ1) is 19.8. The van der Waals surface area contributed by atoms with Crippen LogP contribution in [0.25, 0.3) is 0 Å². The molecule has 1 saturated heterocycles. The van der Waals surface area contributed by atoms with Crippen molar-refractivity contribution in [1.82, 2.24) is 26.2 Å². The van der Waals surface area contributed by atoms with Gasteiger partial charge in [-0.1, -0.05) is 60.7 Å². The average molecular weight is 565 g/mol. The van der Waals surface area contributed by atoms with Gasteiger partial charge in [0.1, 0.15) is 18.4 Å². The fourth-order valence-electron chi connectivity index (χ4n) is 5.01. The lowest BCUT2D eigenvalue weighted by Crippen LogP contribution is -2.57. The molecule has 0 aliphatic carbocycles. The van der Waals surface area contributed by atoms with Crippen LogP contribution in [0.1, 0.15) is 36.8 Å². The molecule has 0 saturated carbocycles. The Balaban J connectivity index is 1.69. The lowest BCUT2D eigenvalue weighted by molar-refractivity contribution is -0.142. The summed E-state index contributed by atoms with van der Waals surface area (Å²) in [5, 5.41) is 11.2. The molecule has 1 fully saturated rings. The number of nitrogens with two attached hydrogens (primary N) is 1. The van der Waals surface area contributed by atoms with Gasteiger partial charge in [0, 0.05) is 13.1 Å². The number of hydrogen-bond donors (Lipinski definition) is 5. The Labute approximate surface area is 240 Å². The number of nitrogens with zero attached hydrogens (tertiary/aromatic N) is 1. The monoisotopic (exact) mass is 564 g/mol. The van der Waals surface area contributed by atoms with Crippen molar-refractivity contribution in [1.29, 1.82) is 0 Å². The first-order valence-electron chi connectivity index (χ1n) is 14.0. The Morgan fingerprint density at radius 1 is 0.951 bits per heavy atom. The predicted octanol–water partition coefficient (Wildman–Crippen LogP) is 0.668. The maximum Gasteiger partial charge on any atom is 0.312 e. The SMILES string of the molecule is CN[C@@H](Cc1ccccc1)C(=O)N[C@@H](CCCNC(N)=O)C(=O)N1CCC[C@H]1C(=O)N[C@H](C=O)Cc1ccccc1. The van der Waals surface area contributed by atoms with Crippen molar-refractivity contribution in [2.24, 2.45) is 5.73 Å². The standard InChI is InChI=1S/C30H40N6O5/c1-32-25(19-22-12-6-3-7-13-22)27(38)35-24(14-8-16-33-30(31)41)29(40)36-17-9-15-26(36)28(39)34-23(20-37)18-21-10-4-2-5-11-21/h2-7,10-13,20,23-26,32H,8-9,14-19H2,1H3,(H,34,39)(H,35,38)(H3,31,33,41)/t23-,24-,25-,26-/m0/s1. The van der Waals surface area contributed by atoms with E-state index in [4.69, 9.17) is 5.73 Å². The molecule has 6 N–H and O–H groups in total. The molecule has 2 aromatic carbocycles. The third kappa shape index (κ3) is 9.71. The van der Waals surface area contributed by atoms with Crippen LogP contribution in [-0.4, -0.2) is 79.2 Å². The summed E-state index contributed by atoms with van der Waals surface area (Å²) in [6.45, 7) is 0.589. The second-order valence-corrected chi connectivity index (χ2v) is 10.2. The summed E-state index contributed by atoms with van der Waals surface area (Å²) in [4.78, 5) is 64.6. The second kappa shape index (κ2) is 16.1. The number of primary amides is 1. The molecule has 0 bridgehead atoms. The number of hydrogen-bond acceptors (Lipinski definition) is 6. The molecule has 220 valence electrons. The molecule has 0 unspecified atom stereocenters. The van der Waals surface area contributed by atoms with Gasteiger partial charge >= 0.3 is 6.03 Å². The number of carbonyl (C=O) groups is 5. The van der Waals surface area contributed by atoms with Crippen LogP contribution in [0.2, 0.25) is 0 Å². The fourth-order valence-corrected chi connectivity index (χ4v) is 5.01. The van der Waals surface area contributed by atoms with Crippen molar-refractivity contribution in [3.63, 3.8) is 0 Å². The van der Waals surface area contributed by atoms with E-state index in [1.807, 2.05) is 60.7 Å². The summed E-state index contributed by atoms with van der Waals surface area (Å²) >= 11 is 0. The zero-order chi connectivity index (χ0) is 29.6. The highest BCUT2D eigenvalue weighted by molar-refractivity contribution is 5.94. The van der Waals surface area contributed by atoms with Crippen LogP contribution in [0.15, 0.2) is 60.7 Å². The third-order valence-corrected chi connectivity index (χ3v) is 7.16. The largest absolute Gasteiger partial charge is 0.352 e. The van der Waals surface area contributed by atoms with Gasteiger partial charge < -0.3 is 36.7 Å². The molecule has 5 amide bonds. The van der Waals surface area contributed by atoms with Crippen LogP contribution in [0.3, 0.4) is 0 Å². The molecule has 4 atom stereocenters. The molecule has 0 radical (unpaired) electrons. The topological polar surface area (TPSA) is 163 Å². The molecular weight excluding hydrogens is 524 g/mol. The van der Waals surface area contributed by atoms with Crippen LogP contribution in [0, 0.1) is 0 Å². The quantitative estimate of drug-likeness (QED) is 0.158. The molecule has 1 aliphatic rings. The van der Waals surface area contributed by atoms with E-state index in [2.05, 4.69) is 21.3 Å². The van der Waals surface area contributed by atoms with Crippen molar-refractivity contribution >= 4 is 30.0 Å². The summed E-state index contributed by atoms with van der Waals surface area (Å²) < 4.78 is 0. The zero-order valence-electron chi connectivity index (χ0n) is 23.4. The molecule has 2 aromatic rings. The average Bonchev–Trinajstić information content (AvgIpc) is 3.48. The van der Waals surface area contributed by atoms with Gasteiger partial charge in [-0.2, -0.15) is 0 Å². The van der Waals surface area contributed by atoms with E-state index < -0.39 is 36.1 Å². The van der Waals surface area contributed by atoms with Crippen LogP contribution in [0.5, 0.6) is 0 Å². The van der Waals surface area contributed by atoms with E-state index in [-0.39, 0.29) is 24.8 Å². The normalized spacial score (nSPS) is 16.7. The van der Waals surface area contributed by atoms with E-state index in [1.54, 1.807) is 7.05 Å². The zero-order valence-corrected chi connectivity index (χ0v) is 23.4. The highest BCUT2D eigenvalue weighted by Gasteiger charge is 2.38. The van der Waals surface area contributed by atoms with Gasteiger partial charge in [-0.05, 0) is 56.7 Å². The predicted molar refractivity (Wildman–Crippen MR) is 155 cm³/mol. The molecule has 11 heteroatoms. The number of nitrogens with one attached hydrogen (secondary N) is 4. The maximum atomic E-state index is 13.8. The van der Waals surface area contributed by atoms with Crippen molar-refractivity contribution in [2.45, 2.75) is 62.7 Å². The van der Waals surface area contributed by atoms with Gasteiger partial charge in [-0.25, -0.2) is 4.79 Å². The Morgan fingerprint density at radius 2 is 1.59 bits per heavy atom. The van der Waals surface area contributed by atoms with E-state index in [0.29, 0.717) is 44.9 Å². The molecule has 11 nitrogen and oxygen atoms in total. The number of aldehydes is 1. The van der Waals surface area contributed by atoms with E-state index >= 15 is 0 Å². The van der Waals surface area contributed by atoms with Crippen molar-refractivity contribution < 1.29 is 24.0 Å². The molecule has 1 aliphatic heterocycles. The molecule has 0 aromatic heterocycles. The Morgan fingerprint density at radius 3 is 2.17 bits per heavy atom. The number of likely N-dealkylation sites (N-methyl/N-ethyl adjacent to an activating group) is 1. The number of rotatable bonds is 15. The first-order valence-corrected chi connectivity index (χ1v) is 14.0. The highest BCUT2D eigenvalue weighted by atomic mass is 16.2. The Kier molecular flexibility index (Phi) is 12.3. The summed E-state index contributed by atoms with van der Waals surface area (Å²) in [5.74, 6) is -1.13. The summed E-state index contributed by atoms with van der Waals surface area (Å²) in [6, 6.07) is 15.2. The van der Waals surface area contributed by atoms with Crippen molar-refractivity contribution in [3.8, 4) is 0 Å². The number of carbonyl (C=O) groups excluding carboxylic acids is 5. The Bertz CT molecular complexity index is 1160. The number of benzene rings is 2. The summed E-state index contributed by atoms with van der Waals surface area (Å²) in [7, 11) is 1.68. The lowest BCUT2D eigenvalue weighted by atomic mass is 10.0. The van der Waals surface area contributed by atoms with Gasteiger partial charge in [0.15, 0.2) is 0 Å². The third-order valence-electron chi connectivity index (χ3n) is 7.16. The minimum atomic E-state index is -0.914. The van der Waals surface area contributed by atoms with Gasteiger partial charge in [-0.3, -0.25) is 14.4 Å². The maximum absolute atomic E-state index is 13.8. The Hall–Kier alpha value is -4.25. The van der Waals surface area contributed by atoms with Gasteiger partial charge in [0.2, 0.25) is 17.7 Å². The van der Waals surface area contributed by atoms with Crippen LogP contribution in [-0.2, 0) is 32.0 Å². The molecule has 0 spiro atoms. The van der Waals surface area contributed by atoms with Crippen molar-refractivity contribution in [3.05, 3.63) is 71.8 Å². The van der Waals surface area contributed by atoms with Gasteiger partial charge in [-0.15, -0.1) is 0 Å². The van der Waals surface area contributed by atoms with E-state index in [0.717, 1.165) is 11.1 Å². The second-order valence-electron chi connectivity index (χ2n) is 10.2. The number of amides is 5. The van der Waals surface area contributed by atoms with Crippen LogP contribution in [0.4, 0.5) is 4.79 Å². The van der Waals surface area contributed by atoms with Gasteiger partial charge in [0.25, 0.3) is 0 Å². The van der Waals surface area contributed by atoms with E-state index in [1.165, 1.54) is 4.90 Å². The number of likely N-dealkylation sites (tertiary alicyclic amines) is 1. The van der Waals surface area contributed by atoms with E-state index in [9.17, 15) is 24.0 Å². The number of urea groups is 1. The minimum absolute atomic E-state index is 0.235. The molecular formula is C30H40N6O5. The minimum Gasteiger partial charge on any atom is -0.352 e. The summed E-state index contributed by atoms with van der Waals surface area (Å²) in [5.41, 5.74) is 7.03. The molecule has 1 heterocycles. The first kappa shape index (κ1) is 31.3. The van der Waals surface area contributed by atoms with Gasteiger partial charge in [0.05, 0.1) is 12.1 Å². The van der Waals surface area contributed by atoms with Crippen LogP contribution >= 0.6 is 0 Å². The fraction of sp³-hybridized carbons (Fsp3) is 0.433. The molecule has 3 rings (SSSR count). The lowest BCUT2D eigenvalue weighted by Gasteiger charge is -2.30. The highest BCUT2D eigenvalue weighted by Crippen LogP contribution is 2.20. The smallest absolute Gasteiger partial charge is 0.312 e. The van der Waals surface area contributed by atoms with Crippen molar-refractivity contribution in [2.75, 3.05) is 20.1 Å². The summed E-state index contributed by atoms with van der Waals surface area (Å²) in [6.07, 6.45) is 3.16. The molecule has 41 heavy (non-hydrogen) atoms.